The minimum atomic E-state index is -2.30. The summed E-state index contributed by atoms with van der Waals surface area (Å²) in [6.07, 6.45) is 14.8. The molecule has 0 radical (unpaired) electrons. The number of aliphatic hydroxyl groups is 1. The monoisotopic (exact) mass is 1070 g/mol. The first-order chi connectivity index (χ1) is 34.0. The van der Waals surface area contributed by atoms with E-state index in [1.54, 1.807) is 0 Å². The van der Waals surface area contributed by atoms with E-state index in [1.807, 2.05) is 30.3 Å². The third-order valence-corrected chi connectivity index (χ3v) is 22.2. The van der Waals surface area contributed by atoms with Crippen molar-refractivity contribution in [1.29, 1.82) is 0 Å². The van der Waals surface area contributed by atoms with Gasteiger partial charge in [0.05, 0.1) is 38.3 Å². The maximum Gasteiger partial charge on any atom is 0.308 e. The minimum Gasteiger partial charge on any atom is -0.457 e. The van der Waals surface area contributed by atoms with Crippen LogP contribution in [0.5, 0.6) is 0 Å². The van der Waals surface area contributed by atoms with Crippen LogP contribution in [0.2, 0.25) is 69.5 Å². The van der Waals surface area contributed by atoms with Crippen molar-refractivity contribution in [3.63, 3.8) is 0 Å². The molecule has 72 heavy (non-hydrogen) atoms. The number of ether oxygens (including phenoxy) is 7. The molecule has 1 fully saturated rings. The summed E-state index contributed by atoms with van der Waals surface area (Å²) in [4.78, 5) is 28.8. The SMILES string of the molecule is CCCCCCCCCCCC(CC(=O)N[C@H]1[C@H](OCC[Si](C)(C)C)O[C@H](CO[Si](C)(C)C(C)(C)C)[C@@H](O)[C@@H]1OC(=O)CC(CCCCCCCCC)OCOCc1ccccc1)OCOCC[Si](C)(C)C. The van der Waals surface area contributed by atoms with Crippen molar-refractivity contribution < 1.29 is 52.3 Å². The Morgan fingerprint density at radius 1 is 0.681 bits per heavy atom. The molecule has 0 saturated carbocycles. The van der Waals surface area contributed by atoms with Crippen LogP contribution in [0.3, 0.4) is 0 Å². The van der Waals surface area contributed by atoms with Crippen molar-refractivity contribution >= 4 is 36.3 Å². The van der Waals surface area contributed by atoms with Crippen LogP contribution in [-0.2, 0) is 53.8 Å². The molecule has 7 atom stereocenters. The summed E-state index contributed by atoms with van der Waals surface area (Å²) in [6.45, 7) is 30.7. The van der Waals surface area contributed by atoms with Gasteiger partial charge in [-0.2, -0.15) is 0 Å². The predicted molar refractivity (Wildman–Crippen MR) is 302 cm³/mol. The van der Waals surface area contributed by atoms with Crippen LogP contribution < -0.4 is 5.32 Å². The fourth-order valence-electron chi connectivity index (χ4n) is 8.28. The summed E-state index contributed by atoms with van der Waals surface area (Å²) in [5, 5.41) is 15.4. The lowest BCUT2D eigenvalue weighted by Gasteiger charge is -2.45. The molecule has 420 valence electrons. The van der Waals surface area contributed by atoms with Gasteiger partial charge in [-0.15, -0.1) is 0 Å². The van der Waals surface area contributed by atoms with E-state index in [1.165, 1.54) is 64.2 Å². The van der Waals surface area contributed by atoms with E-state index in [4.69, 9.17) is 37.6 Å². The molecule has 12 nitrogen and oxygen atoms in total. The molecule has 2 rings (SSSR count). The molecule has 0 aliphatic carbocycles. The largest absolute Gasteiger partial charge is 0.457 e. The van der Waals surface area contributed by atoms with Gasteiger partial charge in [-0.3, -0.25) is 9.59 Å². The third kappa shape index (κ3) is 30.9. The van der Waals surface area contributed by atoms with Gasteiger partial charge in [0.2, 0.25) is 5.91 Å². The van der Waals surface area contributed by atoms with Gasteiger partial charge in [-0.1, -0.05) is 207 Å². The first kappa shape index (κ1) is 66.6. The normalized spacial score (nSPS) is 19.8. The zero-order chi connectivity index (χ0) is 53.5. The van der Waals surface area contributed by atoms with E-state index >= 15 is 0 Å². The second-order valence-electron chi connectivity index (χ2n) is 24.6. The standard InChI is InChI=1S/C57H109NO11Si3/c1-14-16-18-20-22-23-25-27-31-35-48(65-45-62-37-39-70(6,7)8)41-51(59)58-53-55(54(61)50(44-67-72(12,13)57(3,4)5)68-56(53)64-38-40-71(9,10)11)69-52(60)42-49(36-32-26-24-21-19-17-15-2)66-46-63-43-47-33-29-28-30-34-47/h28-30,33-34,48-50,53-56,61H,14-27,31-32,35-46H2,1-13H3,(H,58,59)/t48?,49?,50-,53-,54-,55-,56-/m1/s1. The number of hydrogen-bond acceptors (Lipinski definition) is 11. The van der Waals surface area contributed by atoms with Crippen molar-refractivity contribution in [2.75, 3.05) is 33.4 Å². The summed E-state index contributed by atoms with van der Waals surface area (Å²) in [7, 11) is -5.15. The van der Waals surface area contributed by atoms with Gasteiger partial charge in [-0.05, 0) is 48.6 Å². The number of carbonyl (C=O) groups is 2. The Morgan fingerprint density at radius 3 is 1.71 bits per heavy atom. The Balaban J connectivity index is 2.41. The Kier molecular flexibility index (Phi) is 33.8. The van der Waals surface area contributed by atoms with Crippen molar-refractivity contribution in [3.05, 3.63) is 35.9 Å². The predicted octanol–water partition coefficient (Wildman–Crippen LogP) is 13.9. The lowest BCUT2D eigenvalue weighted by atomic mass is 9.96. The van der Waals surface area contributed by atoms with E-state index in [0.717, 1.165) is 56.2 Å². The number of esters is 1. The highest BCUT2D eigenvalue weighted by Crippen LogP contribution is 2.37. The van der Waals surface area contributed by atoms with Crippen molar-refractivity contribution in [3.8, 4) is 0 Å². The molecule has 1 aromatic carbocycles. The van der Waals surface area contributed by atoms with Crippen LogP contribution in [-0.4, -0.2) is 118 Å². The van der Waals surface area contributed by atoms with E-state index in [-0.39, 0.29) is 50.1 Å². The average Bonchev–Trinajstić information content (AvgIpc) is 3.29. The summed E-state index contributed by atoms with van der Waals surface area (Å²) in [5.74, 6) is -0.839. The summed E-state index contributed by atoms with van der Waals surface area (Å²) >= 11 is 0. The minimum absolute atomic E-state index is 0.0213. The Labute approximate surface area is 443 Å². The Hall–Kier alpha value is -1.51. The molecule has 0 spiro atoms. The van der Waals surface area contributed by atoms with E-state index in [0.29, 0.717) is 32.7 Å². The molecule has 2 N–H and O–H groups in total. The molecular formula is C57H109NO11Si3. The highest BCUT2D eigenvalue weighted by atomic mass is 28.4. The number of amides is 1. The molecule has 1 amide bonds. The Morgan fingerprint density at radius 2 is 1.18 bits per heavy atom. The van der Waals surface area contributed by atoms with Crippen LogP contribution in [0.15, 0.2) is 30.3 Å². The van der Waals surface area contributed by atoms with Gasteiger partial charge >= 0.3 is 5.97 Å². The molecule has 15 heteroatoms. The maximum absolute atomic E-state index is 14.4. The number of rotatable bonds is 42. The lowest BCUT2D eigenvalue weighted by Crippen LogP contribution is -2.66. The quantitative estimate of drug-likeness (QED) is 0.0280. The molecule has 1 aliphatic heterocycles. The smallest absolute Gasteiger partial charge is 0.308 e. The average molecular weight is 1070 g/mol. The molecule has 0 bridgehead atoms. The second-order valence-corrected chi connectivity index (χ2v) is 40.7. The van der Waals surface area contributed by atoms with Gasteiger partial charge in [0, 0.05) is 29.4 Å². The molecule has 0 aromatic heterocycles. The number of hydrogen-bond donors (Lipinski definition) is 2. The highest BCUT2D eigenvalue weighted by Gasteiger charge is 2.50. The van der Waals surface area contributed by atoms with Crippen molar-refractivity contribution in [1.82, 2.24) is 5.32 Å². The van der Waals surface area contributed by atoms with Crippen LogP contribution in [0, 0.1) is 0 Å². The molecule has 1 aromatic rings. The molecular weight excluding hydrogens is 959 g/mol. The Bertz CT molecular complexity index is 1540. The van der Waals surface area contributed by atoms with E-state index in [9.17, 15) is 14.7 Å². The third-order valence-electron chi connectivity index (χ3n) is 14.3. The zero-order valence-corrected chi connectivity index (χ0v) is 51.3. The van der Waals surface area contributed by atoms with Gasteiger partial charge in [0.15, 0.2) is 20.7 Å². The first-order valence-electron chi connectivity index (χ1n) is 28.6. The first-order valence-corrected chi connectivity index (χ1v) is 38.9. The number of carbonyl (C=O) groups excluding carboxylic acids is 2. The maximum atomic E-state index is 14.4. The number of benzene rings is 1. The number of unbranched alkanes of at least 4 members (excludes halogenated alkanes) is 14. The fraction of sp³-hybridized carbons (Fsp3) is 0.860. The summed E-state index contributed by atoms with van der Waals surface area (Å²) in [6, 6.07) is 10.8. The van der Waals surface area contributed by atoms with Gasteiger partial charge in [0.25, 0.3) is 0 Å². The fourth-order valence-corrected chi connectivity index (χ4v) is 10.8. The molecule has 1 heterocycles. The molecule has 1 aliphatic rings. The topological polar surface area (TPSA) is 140 Å². The van der Waals surface area contributed by atoms with E-state index < -0.39 is 67.2 Å². The van der Waals surface area contributed by atoms with E-state index in [2.05, 4.69) is 92.3 Å². The van der Waals surface area contributed by atoms with Crippen molar-refractivity contribution in [2.24, 2.45) is 0 Å². The number of aliphatic hydroxyl groups excluding tert-OH is 1. The summed E-state index contributed by atoms with van der Waals surface area (Å²) < 4.78 is 50.7. The van der Waals surface area contributed by atoms with Crippen LogP contribution in [0.1, 0.15) is 169 Å². The van der Waals surface area contributed by atoms with Crippen LogP contribution in [0.25, 0.3) is 0 Å². The number of nitrogens with one attached hydrogen (secondary N) is 1. The van der Waals surface area contributed by atoms with Crippen molar-refractivity contribution in [2.45, 2.75) is 282 Å². The molecule has 2 unspecified atom stereocenters. The van der Waals surface area contributed by atoms with Crippen LogP contribution in [0.4, 0.5) is 0 Å². The summed E-state index contributed by atoms with van der Waals surface area (Å²) in [5.41, 5.74) is 1.03. The van der Waals surface area contributed by atoms with Gasteiger partial charge in [-0.25, -0.2) is 0 Å². The highest BCUT2D eigenvalue weighted by molar-refractivity contribution is 6.76. The van der Waals surface area contributed by atoms with Gasteiger partial charge < -0.3 is 48.0 Å². The zero-order valence-electron chi connectivity index (χ0n) is 48.3. The van der Waals surface area contributed by atoms with Gasteiger partial charge in [0.1, 0.15) is 31.8 Å². The second kappa shape index (κ2) is 36.5. The van der Waals surface area contributed by atoms with Crippen LogP contribution >= 0.6 is 0 Å². The lowest BCUT2D eigenvalue weighted by molar-refractivity contribution is -0.272. The molecule has 1 saturated heterocycles.